The zero-order valence-corrected chi connectivity index (χ0v) is 11.6. The fourth-order valence-electron chi connectivity index (χ4n) is 0.804. The molecule has 0 saturated carbocycles. The van der Waals surface area contributed by atoms with E-state index in [0.717, 1.165) is 0 Å². The van der Waals surface area contributed by atoms with E-state index in [-0.39, 0.29) is 12.6 Å². The summed E-state index contributed by atoms with van der Waals surface area (Å²) in [6.45, 7) is 10.8. The second-order valence-electron chi connectivity index (χ2n) is 4.04. The van der Waals surface area contributed by atoms with Gasteiger partial charge < -0.3 is 9.47 Å². The molecule has 0 fully saturated rings. The number of carbonyl (C=O) groups excluding carboxylic acids is 2. The number of hydrogen-bond acceptors (Lipinski definition) is 5. The normalized spacial score (nSPS) is 12.1. The van der Waals surface area contributed by atoms with Crippen LogP contribution in [0.4, 0.5) is 0 Å². The van der Waals surface area contributed by atoms with Gasteiger partial charge in [-0.25, -0.2) is 4.79 Å². The van der Waals surface area contributed by atoms with Crippen molar-refractivity contribution in [1.82, 2.24) is 0 Å². The Hall–Kier alpha value is -0.970. The summed E-state index contributed by atoms with van der Waals surface area (Å²) in [4.78, 5) is 22.4. The maximum atomic E-state index is 11.3. The van der Waals surface area contributed by atoms with Gasteiger partial charge in [0.05, 0.1) is 5.75 Å². The van der Waals surface area contributed by atoms with E-state index in [0.29, 0.717) is 16.6 Å². The van der Waals surface area contributed by atoms with Crippen molar-refractivity contribution in [2.45, 2.75) is 39.0 Å². The summed E-state index contributed by atoms with van der Waals surface area (Å²) in [5.74, 6) is -0.439. The summed E-state index contributed by atoms with van der Waals surface area (Å²) in [5, 5.41) is 0.390. The standard InChI is InChI=1S/C12H20O4S/c1-8(2)12(14)16-10(5)6-15-11(13)7-17-9(3)4/h9-10H,1,6-7H2,2-5H3. The maximum absolute atomic E-state index is 11.3. The Balaban J connectivity index is 3.76. The summed E-state index contributed by atoms with van der Waals surface area (Å²) in [6.07, 6.45) is -0.452. The molecule has 0 aromatic heterocycles. The summed E-state index contributed by atoms with van der Waals surface area (Å²) < 4.78 is 9.93. The van der Waals surface area contributed by atoms with Gasteiger partial charge >= 0.3 is 11.9 Å². The van der Waals surface area contributed by atoms with Gasteiger partial charge in [-0.05, 0) is 19.1 Å². The molecule has 17 heavy (non-hydrogen) atoms. The first-order chi connectivity index (χ1) is 7.82. The van der Waals surface area contributed by atoms with Crippen molar-refractivity contribution >= 4 is 23.7 Å². The number of ether oxygens (including phenoxy) is 2. The minimum atomic E-state index is -0.467. The third-order valence-corrected chi connectivity index (χ3v) is 2.74. The van der Waals surface area contributed by atoms with Crippen LogP contribution >= 0.6 is 11.8 Å². The molecule has 0 amide bonds. The van der Waals surface area contributed by atoms with E-state index in [2.05, 4.69) is 6.58 Å². The smallest absolute Gasteiger partial charge is 0.333 e. The van der Waals surface area contributed by atoms with Crippen molar-refractivity contribution in [3.63, 3.8) is 0 Å². The lowest BCUT2D eigenvalue weighted by Crippen LogP contribution is -2.23. The topological polar surface area (TPSA) is 52.6 Å². The molecule has 0 aliphatic rings. The summed E-state index contributed by atoms with van der Waals surface area (Å²) >= 11 is 1.51. The van der Waals surface area contributed by atoms with Gasteiger partial charge in [-0.2, -0.15) is 0 Å². The van der Waals surface area contributed by atoms with Crippen LogP contribution in [0.25, 0.3) is 0 Å². The molecule has 0 aromatic carbocycles. The minimum absolute atomic E-state index is 0.0799. The van der Waals surface area contributed by atoms with E-state index in [1.807, 2.05) is 13.8 Å². The number of hydrogen-bond donors (Lipinski definition) is 0. The number of carbonyl (C=O) groups is 2. The Labute approximate surface area is 107 Å². The Bertz CT molecular complexity index is 286. The fourth-order valence-corrected chi connectivity index (χ4v) is 1.36. The second-order valence-corrected chi connectivity index (χ2v) is 5.60. The highest BCUT2D eigenvalue weighted by atomic mass is 32.2. The van der Waals surface area contributed by atoms with E-state index < -0.39 is 12.1 Å². The maximum Gasteiger partial charge on any atom is 0.333 e. The van der Waals surface area contributed by atoms with Crippen LogP contribution < -0.4 is 0 Å². The van der Waals surface area contributed by atoms with E-state index in [9.17, 15) is 9.59 Å². The molecule has 0 heterocycles. The first kappa shape index (κ1) is 16.0. The molecule has 4 nitrogen and oxygen atoms in total. The van der Waals surface area contributed by atoms with Gasteiger partial charge in [0.1, 0.15) is 12.7 Å². The highest BCUT2D eigenvalue weighted by Gasteiger charge is 2.12. The Morgan fingerprint density at radius 3 is 2.35 bits per heavy atom. The highest BCUT2D eigenvalue weighted by molar-refractivity contribution is 8.00. The molecule has 98 valence electrons. The molecule has 0 N–H and O–H groups in total. The molecule has 0 aliphatic heterocycles. The van der Waals surface area contributed by atoms with Crippen molar-refractivity contribution in [2.24, 2.45) is 0 Å². The summed E-state index contributed by atoms with van der Waals surface area (Å²) in [5.41, 5.74) is 0.332. The molecule has 0 bridgehead atoms. The number of esters is 2. The zero-order chi connectivity index (χ0) is 13.4. The van der Waals surface area contributed by atoms with Gasteiger partial charge in [0.25, 0.3) is 0 Å². The van der Waals surface area contributed by atoms with E-state index in [1.54, 1.807) is 13.8 Å². The molecular weight excluding hydrogens is 240 g/mol. The van der Waals surface area contributed by atoms with Crippen molar-refractivity contribution in [3.8, 4) is 0 Å². The van der Waals surface area contributed by atoms with Gasteiger partial charge in [-0.1, -0.05) is 20.4 Å². The predicted octanol–water partition coefficient (Wildman–Crippen LogP) is 2.18. The first-order valence-corrected chi connectivity index (χ1v) is 6.51. The van der Waals surface area contributed by atoms with Crippen molar-refractivity contribution in [3.05, 3.63) is 12.2 Å². The van der Waals surface area contributed by atoms with Crippen LogP contribution in [0.15, 0.2) is 12.2 Å². The van der Waals surface area contributed by atoms with Crippen LogP contribution in [0.3, 0.4) is 0 Å². The third kappa shape index (κ3) is 8.80. The lowest BCUT2D eigenvalue weighted by molar-refractivity contribution is -0.153. The van der Waals surface area contributed by atoms with Crippen molar-refractivity contribution in [1.29, 1.82) is 0 Å². The van der Waals surface area contributed by atoms with E-state index in [4.69, 9.17) is 9.47 Å². The quantitative estimate of drug-likeness (QED) is 0.519. The van der Waals surface area contributed by atoms with Crippen LogP contribution in [0.1, 0.15) is 27.7 Å². The van der Waals surface area contributed by atoms with Crippen LogP contribution in [-0.4, -0.2) is 35.7 Å². The van der Waals surface area contributed by atoms with Gasteiger partial charge in [-0.3, -0.25) is 4.79 Å². The molecule has 0 saturated heterocycles. The summed E-state index contributed by atoms with van der Waals surface area (Å²) in [6, 6.07) is 0. The SMILES string of the molecule is C=C(C)C(=O)OC(C)COC(=O)CSC(C)C. The van der Waals surface area contributed by atoms with Crippen LogP contribution in [0.5, 0.6) is 0 Å². The molecule has 0 aromatic rings. The zero-order valence-electron chi connectivity index (χ0n) is 10.8. The van der Waals surface area contributed by atoms with E-state index in [1.165, 1.54) is 11.8 Å². The number of rotatable bonds is 7. The van der Waals surface area contributed by atoms with Crippen LogP contribution in [-0.2, 0) is 19.1 Å². The number of thioether (sulfide) groups is 1. The minimum Gasteiger partial charge on any atom is -0.461 e. The molecule has 0 aliphatic carbocycles. The average molecular weight is 260 g/mol. The molecule has 0 spiro atoms. The van der Waals surface area contributed by atoms with Gasteiger partial charge in [0, 0.05) is 5.57 Å². The average Bonchev–Trinajstić information content (AvgIpc) is 2.23. The molecular formula is C12H20O4S. The van der Waals surface area contributed by atoms with Gasteiger partial charge in [-0.15, -0.1) is 11.8 Å². The molecule has 0 radical (unpaired) electrons. The first-order valence-electron chi connectivity index (χ1n) is 5.46. The predicted molar refractivity (Wildman–Crippen MR) is 68.9 cm³/mol. The van der Waals surface area contributed by atoms with Crippen LogP contribution in [0.2, 0.25) is 0 Å². The van der Waals surface area contributed by atoms with Gasteiger partial charge in [0.2, 0.25) is 0 Å². The molecule has 5 heteroatoms. The second kappa shape index (κ2) is 8.17. The highest BCUT2D eigenvalue weighted by Crippen LogP contribution is 2.09. The summed E-state index contributed by atoms with van der Waals surface area (Å²) in [7, 11) is 0. The van der Waals surface area contributed by atoms with Crippen LogP contribution in [0, 0.1) is 0 Å². The molecule has 0 rings (SSSR count). The Kier molecular flexibility index (Phi) is 7.70. The Morgan fingerprint density at radius 2 is 1.88 bits per heavy atom. The fraction of sp³-hybridized carbons (Fsp3) is 0.667. The van der Waals surface area contributed by atoms with Crippen molar-refractivity contribution < 1.29 is 19.1 Å². The van der Waals surface area contributed by atoms with Gasteiger partial charge in [0.15, 0.2) is 0 Å². The van der Waals surface area contributed by atoms with E-state index >= 15 is 0 Å². The monoisotopic (exact) mass is 260 g/mol. The van der Waals surface area contributed by atoms with Crippen molar-refractivity contribution in [2.75, 3.05) is 12.4 Å². The Morgan fingerprint density at radius 1 is 1.29 bits per heavy atom. The molecule has 1 unspecified atom stereocenters. The lowest BCUT2D eigenvalue weighted by Gasteiger charge is -2.13. The largest absolute Gasteiger partial charge is 0.461 e. The molecule has 1 atom stereocenters. The lowest BCUT2D eigenvalue weighted by atomic mass is 10.3. The third-order valence-electron chi connectivity index (χ3n) is 1.67.